The summed E-state index contributed by atoms with van der Waals surface area (Å²) in [5, 5.41) is 4.28. The molecular weight excluding hydrogens is 360 g/mol. The summed E-state index contributed by atoms with van der Waals surface area (Å²) in [5.74, 6) is 2.19. The molecule has 0 bridgehead atoms. The van der Waals surface area contributed by atoms with Crippen molar-refractivity contribution in [2.75, 3.05) is 6.79 Å². The van der Waals surface area contributed by atoms with Gasteiger partial charge in [-0.05, 0) is 74.3 Å². The lowest BCUT2D eigenvalue weighted by atomic mass is 9.90. The molecule has 0 radical (unpaired) electrons. The van der Waals surface area contributed by atoms with Gasteiger partial charge in [0.15, 0.2) is 11.5 Å². The summed E-state index contributed by atoms with van der Waals surface area (Å²) < 4.78 is 10.7. The number of hydrogen-bond donors (Lipinski definition) is 1. The Balaban J connectivity index is 1.32. The standard InChI is InChI=1S/C21H24N2O3S/c1-13-3-8-19-16(9-13)11-20(27-19)21(24)23-22-14(2)4-5-15-6-7-17-18(10-15)26-12-25-17/h6-7,10-11,13H,3-5,8-9,12H2,1-2H3,(H,23,24)/b22-14+. The lowest BCUT2D eigenvalue weighted by Gasteiger charge is -2.16. The molecule has 142 valence electrons. The van der Waals surface area contributed by atoms with Gasteiger partial charge in [0.1, 0.15) is 0 Å². The first kappa shape index (κ1) is 18.0. The fourth-order valence-electron chi connectivity index (χ4n) is 3.50. The largest absolute Gasteiger partial charge is 0.454 e. The maximum atomic E-state index is 12.4. The smallest absolute Gasteiger partial charge is 0.281 e. The van der Waals surface area contributed by atoms with Crippen molar-refractivity contribution in [1.29, 1.82) is 0 Å². The van der Waals surface area contributed by atoms with Crippen molar-refractivity contribution in [2.45, 2.75) is 46.0 Å². The first-order valence-electron chi connectivity index (χ1n) is 9.42. The Morgan fingerprint density at radius 2 is 2.15 bits per heavy atom. The maximum Gasteiger partial charge on any atom is 0.281 e. The van der Waals surface area contributed by atoms with Gasteiger partial charge in [0.2, 0.25) is 6.79 Å². The van der Waals surface area contributed by atoms with Crippen LogP contribution in [0.4, 0.5) is 0 Å². The van der Waals surface area contributed by atoms with Crippen molar-refractivity contribution < 1.29 is 14.3 Å². The number of rotatable bonds is 5. The normalized spacial score (nSPS) is 18.3. The molecular formula is C21H24N2O3S. The zero-order chi connectivity index (χ0) is 18.8. The quantitative estimate of drug-likeness (QED) is 0.616. The van der Waals surface area contributed by atoms with Crippen LogP contribution < -0.4 is 14.9 Å². The van der Waals surface area contributed by atoms with Crippen LogP contribution >= 0.6 is 11.3 Å². The Morgan fingerprint density at radius 1 is 1.30 bits per heavy atom. The van der Waals surface area contributed by atoms with Gasteiger partial charge in [-0.25, -0.2) is 5.43 Å². The molecule has 5 nitrogen and oxygen atoms in total. The van der Waals surface area contributed by atoms with E-state index in [1.807, 2.05) is 31.2 Å². The minimum absolute atomic E-state index is 0.107. The van der Waals surface area contributed by atoms with Gasteiger partial charge >= 0.3 is 0 Å². The summed E-state index contributed by atoms with van der Waals surface area (Å²) in [6, 6.07) is 8.02. The number of thiophene rings is 1. The van der Waals surface area contributed by atoms with Crippen LogP contribution in [-0.4, -0.2) is 18.4 Å². The lowest BCUT2D eigenvalue weighted by molar-refractivity contribution is 0.0958. The topological polar surface area (TPSA) is 59.9 Å². The van der Waals surface area contributed by atoms with Gasteiger partial charge in [-0.15, -0.1) is 11.3 Å². The average Bonchev–Trinajstić information content (AvgIpc) is 3.30. The van der Waals surface area contributed by atoms with Crippen LogP contribution in [0, 0.1) is 5.92 Å². The Bertz CT molecular complexity index is 888. The number of benzene rings is 1. The number of aryl methyl sites for hydroxylation is 2. The summed E-state index contributed by atoms with van der Waals surface area (Å²) in [4.78, 5) is 14.5. The highest BCUT2D eigenvalue weighted by molar-refractivity contribution is 7.14. The highest BCUT2D eigenvalue weighted by atomic mass is 32.1. The van der Waals surface area contributed by atoms with Gasteiger partial charge in [-0.2, -0.15) is 5.10 Å². The lowest BCUT2D eigenvalue weighted by Crippen LogP contribution is -2.18. The van der Waals surface area contributed by atoms with Crippen LogP contribution in [0.1, 0.15) is 52.4 Å². The van der Waals surface area contributed by atoms with Crippen LogP contribution in [-0.2, 0) is 19.3 Å². The molecule has 27 heavy (non-hydrogen) atoms. The van der Waals surface area contributed by atoms with E-state index >= 15 is 0 Å². The zero-order valence-corrected chi connectivity index (χ0v) is 16.5. The summed E-state index contributed by atoms with van der Waals surface area (Å²) in [6.45, 7) is 4.50. The van der Waals surface area contributed by atoms with E-state index in [0.29, 0.717) is 5.92 Å². The number of hydrazone groups is 1. The van der Waals surface area contributed by atoms with Crippen molar-refractivity contribution >= 4 is 23.0 Å². The Morgan fingerprint density at radius 3 is 3.04 bits per heavy atom. The number of ether oxygens (including phenoxy) is 2. The molecule has 0 fully saturated rings. The highest BCUT2D eigenvalue weighted by Gasteiger charge is 2.20. The third-order valence-electron chi connectivity index (χ3n) is 5.11. The molecule has 1 amide bonds. The van der Waals surface area contributed by atoms with Gasteiger partial charge in [0, 0.05) is 10.6 Å². The highest BCUT2D eigenvalue weighted by Crippen LogP contribution is 2.33. The van der Waals surface area contributed by atoms with Crippen molar-refractivity contribution in [3.63, 3.8) is 0 Å². The van der Waals surface area contributed by atoms with Crippen LogP contribution in [0.25, 0.3) is 0 Å². The van der Waals surface area contributed by atoms with E-state index in [0.717, 1.165) is 47.8 Å². The van der Waals surface area contributed by atoms with Crippen LogP contribution in [0.5, 0.6) is 11.5 Å². The zero-order valence-electron chi connectivity index (χ0n) is 15.7. The van der Waals surface area contributed by atoms with Crippen molar-refractivity contribution in [2.24, 2.45) is 11.0 Å². The van der Waals surface area contributed by atoms with Gasteiger partial charge in [-0.3, -0.25) is 4.79 Å². The van der Waals surface area contributed by atoms with Gasteiger partial charge < -0.3 is 9.47 Å². The van der Waals surface area contributed by atoms with E-state index in [4.69, 9.17) is 9.47 Å². The summed E-state index contributed by atoms with van der Waals surface area (Å²) in [5.41, 5.74) is 6.12. The first-order chi connectivity index (χ1) is 13.1. The average molecular weight is 385 g/mol. The minimum atomic E-state index is -0.107. The number of amides is 1. The number of carbonyl (C=O) groups excluding carboxylic acids is 1. The van der Waals surface area contributed by atoms with E-state index in [-0.39, 0.29) is 12.7 Å². The fraction of sp³-hybridized carbons (Fsp3) is 0.429. The number of carbonyl (C=O) groups is 1. The van der Waals surface area contributed by atoms with E-state index in [1.165, 1.54) is 22.4 Å². The second kappa shape index (κ2) is 7.72. The minimum Gasteiger partial charge on any atom is -0.454 e. The Kier molecular flexibility index (Phi) is 5.16. The van der Waals surface area contributed by atoms with Crippen LogP contribution in [0.2, 0.25) is 0 Å². The fourth-order valence-corrected chi connectivity index (χ4v) is 4.59. The molecule has 1 unspecified atom stereocenters. The monoisotopic (exact) mass is 384 g/mol. The molecule has 1 aromatic heterocycles. The third-order valence-corrected chi connectivity index (χ3v) is 6.35. The molecule has 2 aromatic rings. The third kappa shape index (κ3) is 4.16. The molecule has 1 atom stereocenters. The Hall–Kier alpha value is -2.34. The maximum absolute atomic E-state index is 12.4. The van der Waals surface area contributed by atoms with E-state index in [2.05, 4.69) is 17.5 Å². The molecule has 1 aromatic carbocycles. The first-order valence-corrected chi connectivity index (χ1v) is 10.2. The number of nitrogens with zero attached hydrogens (tertiary/aromatic N) is 1. The van der Waals surface area contributed by atoms with Gasteiger partial charge in [0.25, 0.3) is 5.91 Å². The van der Waals surface area contributed by atoms with E-state index in [1.54, 1.807) is 11.3 Å². The van der Waals surface area contributed by atoms with Crippen LogP contribution in [0.3, 0.4) is 0 Å². The molecule has 0 saturated heterocycles. The molecule has 0 spiro atoms. The van der Waals surface area contributed by atoms with E-state index in [9.17, 15) is 4.79 Å². The molecule has 1 aliphatic heterocycles. The molecule has 6 heteroatoms. The Labute approximate surface area is 163 Å². The number of fused-ring (bicyclic) bond motifs is 2. The molecule has 1 N–H and O–H groups in total. The second-order valence-electron chi connectivity index (χ2n) is 7.38. The molecule has 0 saturated carbocycles. The van der Waals surface area contributed by atoms with Gasteiger partial charge in [-0.1, -0.05) is 13.0 Å². The predicted molar refractivity (Wildman–Crippen MR) is 107 cm³/mol. The van der Waals surface area contributed by atoms with Gasteiger partial charge in [0.05, 0.1) is 4.88 Å². The van der Waals surface area contributed by atoms with E-state index < -0.39 is 0 Å². The SMILES string of the molecule is C/C(CCc1ccc2c(c1)OCO2)=N\NC(=O)c1cc2c(s1)CCC(C)C2. The molecule has 1 aliphatic carbocycles. The predicted octanol–water partition coefficient (Wildman–Crippen LogP) is 4.34. The van der Waals surface area contributed by atoms with Crippen molar-refractivity contribution in [1.82, 2.24) is 5.43 Å². The number of hydrogen-bond acceptors (Lipinski definition) is 5. The van der Waals surface area contributed by atoms with Crippen LogP contribution in [0.15, 0.2) is 29.4 Å². The molecule has 2 aliphatic rings. The van der Waals surface area contributed by atoms with Crippen molar-refractivity contribution in [3.05, 3.63) is 45.1 Å². The number of nitrogens with one attached hydrogen (secondary N) is 1. The summed E-state index contributed by atoms with van der Waals surface area (Å²) in [7, 11) is 0. The molecule has 4 rings (SSSR count). The van der Waals surface area contributed by atoms with Crippen molar-refractivity contribution in [3.8, 4) is 11.5 Å². The second-order valence-corrected chi connectivity index (χ2v) is 8.52. The summed E-state index contributed by atoms with van der Waals surface area (Å²) in [6.07, 6.45) is 5.00. The summed E-state index contributed by atoms with van der Waals surface area (Å²) >= 11 is 1.61. The molecule has 2 heterocycles.